The van der Waals surface area contributed by atoms with Crippen molar-refractivity contribution in [2.75, 3.05) is 43.0 Å². The molecule has 0 radical (unpaired) electrons. The van der Waals surface area contributed by atoms with Crippen molar-refractivity contribution < 1.29 is 9.90 Å². The molecule has 1 aliphatic carbocycles. The number of anilines is 2. The molecule has 0 amide bonds. The summed E-state index contributed by atoms with van der Waals surface area (Å²) < 4.78 is 2.17. The second-order valence-electron chi connectivity index (χ2n) is 8.40. The molecule has 0 bridgehead atoms. The number of carboxylic acids is 1. The van der Waals surface area contributed by atoms with Crippen molar-refractivity contribution in [3.8, 4) is 6.07 Å². The molecule has 2 aliphatic rings. The van der Waals surface area contributed by atoms with E-state index in [4.69, 9.17) is 4.98 Å². The van der Waals surface area contributed by atoms with Gasteiger partial charge >= 0.3 is 5.97 Å². The van der Waals surface area contributed by atoms with E-state index in [1.54, 1.807) is 12.3 Å². The summed E-state index contributed by atoms with van der Waals surface area (Å²) in [5.41, 5.74) is 1.79. The van der Waals surface area contributed by atoms with Gasteiger partial charge in [-0.1, -0.05) is 0 Å². The first-order valence-corrected chi connectivity index (χ1v) is 10.9. The molecule has 3 aromatic heterocycles. The SMILES string of the molecule is CN[C@H]1C[C@H](n2cc(C#N)c3ccc(N4CCN(c5cc(C(=O)O)ccn5)CC4)nc32)C1. The molecule has 32 heavy (non-hydrogen) atoms. The molecule has 4 heterocycles. The van der Waals surface area contributed by atoms with Gasteiger partial charge in [0, 0.05) is 56.0 Å². The third-order valence-electron chi connectivity index (χ3n) is 6.62. The van der Waals surface area contributed by atoms with Crippen molar-refractivity contribution >= 4 is 28.6 Å². The average Bonchev–Trinajstić information content (AvgIpc) is 3.16. The summed E-state index contributed by atoms with van der Waals surface area (Å²) in [6.45, 7) is 2.97. The average molecular weight is 432 g/mol. The lowest BCUT2D eigenvalue weighted by atomic mass is 9.87. The highest BCUT2D eigenvalue weighted by atomic mass is 16.4. The van der Waals surface area contributed by atoms with Gasteiger partial charge in [-0.3, -0.25) is 0 Å². The predicted octanol–water partition coefficient (Wildman–Crippen LogP) is 2.25. The van der Waals surface area contributed by atoms with Gasteiger partial charge in [0.05, 0.1) is 11.1 Å². The molecule has 0 atom stereocenters. The van der Waals surface area contributed by atoms with Crippen LogP contribution in [0.3, 0.4) is 0 Å². The van der Waals surface area contributed by atoms with E-state index in [9.17, 15) is 15.2 Å². The zero-order valence-corrected chi connectivity index (χ0v) is 17.9. The number of nitrogens with zero attached hydrogens (tertiary/aromatic N) is 6. The maximum Gasteiger partial charge on any atom is 0.335 e. The molecular weight excluding hydrogens is 406 g/mol. The molecule has 2 N–H and O–H groups in total. The molecular formula is C23H25N7O2. The van der Waals surface area contributed by atoms with Gasteiger partial charge in [0.15, 0.2) is 0 Å². The number of hydrogen-bond donors (Lipinski definition) is 2. The third kappa shape index (κ3) is 3.52. The topological polar surface area (TPSA) is 110 Å². The van der Waals surface area contributed by atoms with Crippen molar-refractivity contribution in [3.63, 3.8) is 0 Å². The highest BCUT2D eigenvalue weighted by Gasteiger charge is 2.31. The molecule has 0 aromatic carbocycles. The minimum absolute atomic E-state index is 0.245. The fourth-order valence-electron chi connectivity index (χ4n) is 4.60. The minimum atomic E-state index is -0.947. The number of hydrogen-bond acceptors (Lipinski definition) is 7. The van der Waals surface area contributed by atoms with Gasteiger partial charge in [-0.25, -0.2) is 14.8 Å². The van der Waals surface area contributed by atoms with E-state index < -0.39 is 5.97 Å². The van der Waals surface area contributed by atoms with Crippen LogP contribution in [-0.4, -0.2) is 64.9 Å². The quantitative estimate of drug-likeness (QED) is 0.633. The van der Waals surface area contributed by atoms with Crippen LogP contribution in [0.15, 0.2) is 36.7 Å². The van der Waals surface area contributed by atoms with E-state index >= 15 is 0 Å². The molecule has 2 fully saturated rings. The maximum atomic E-state index is 11.3. The summed E-state index contributed by atoms with van der Waals surface area (Å²) >= 11 is 0. The Morgan fingerprint density at radius 1 is 1.16 bits per heavy atom. The van der Waals surface area contributed by atoms with E-state index in [1.807, 2.05) is 25.4 Å². The fraction of sp³-hybridized carbons (Fsp3) is 0.391. The number of piperazine rings is 1. The van der Waals surface area contributed by atoms with Gasteiger partial charge in [0.25, 0.3) is 0 Å². The number of aromatic carboxylic acids is 1. The Labute approximate surface area is 185 Å². The first-order valence-electron chi connectivity index (χ1n) is 10.9. The van der Waals surface area contributed by atoms with Crippen molar-refractivity contribution in [1.82, 2.24) is 19.9 Å². The van der Waals surface area contributed by atoms with Crippen LogP contribution < -0.4 is 15.1 Å². The molecule has 164 valence electrons. The molecule has 3 aromatic rings. The monoisotopic (exact) mass is 431 g/mol. The van der Waals surface area contributed by atoms with Gasteiger partial charge in [0.2, 0.25) is 0 Å². The normalized spacial score (nSPS) is 20.8. The Morgan fingerprint density at radius 2 is 1.88 bits per heavy atom. The lowest BCUT2D eigenvalue weighted by molar-refractivity contribution is 0.0696. The summed E-state index contributed by atoms with van der Waals surface area (Å²) in [5.74, 6) is 0.638. The molecule has 0 spiro atoms. The predicted molar refractivity (Wildman–Crippen MR) is 121 cm³/mol. The second-order valence-corrected chi connectivity index (χ2v) is 8.40. The summed E-state index contributed by atoms with van der Waals surface area (Å²) in [6, 6.07) is 10.3. The fourth-order valence-corrected chi connectivity index (χ4v) is 4.60. The number of carbonyl (C=O) groups is 1. The number of carboxylic acid groups (broad SMARTS) is 1. The van der Waals surface area contributed by atoms with E-state index in [0.29, 0.717) is 23.5 Å². The number of aromatic nitrogens is 3. The molecule has 9 heteroatoms. The number of pyridine rings is 2. The van der Waals surface area contributed by atoms with Crippen LogP contribution in [-0.2, 0) is 0 Å². The Hall–Kier alpha value is -3.64. The van der Waals surface area contributed by atoms with Crippen LogP contribution in [0.2, 0.25) is 0 Å². The molecule has 1 aliphatic heterocycles. The smallest absolute Gasteiger partial charge is 0.335 e. The zero-order valence-electron chi connectivity index (χ0n) is 17.9. The van der Waals surface area contributed by atoms with Gasteiger partial charge in [-0.2, -0.15) is 5.26 Å². The van der Waals surface area contributed by atoms with Crippen molar-refractivity contribution in [1.29, 1.82) is 5.26 Å². The standard InChI is InChI=1S/C23H25N7O2/c1-25-17-11-18(12-17)30-14-16(13-24)19-2-3-20(27-22(19)30)28-6-8-29(9-7-28)21-10-15(23(31)32)4-5-26-21/h2-5,10,14,17-18,25H,6-9,11-12H2,1H3,(H,31,32)/t17-,18-. The van der Waals surface area contributed by atoms with Crippen LogP contribution in [0.4, 0.5) is 11.6 Å². The van der Waals surface area contributed by atoms with Crippen LogP contribution in [0.5, 0.6) is 0 Å². The maximum absolute atomic E-state index is 11.3. The van der Waals surface area contributed by atoms with Crippen LogP contribution in [0.1, 0.15) is 34.8 Å². The van der Waals surface area contributed by atoms with Gasteiger partial charge in [-0.05, 0) is 44.2 Å². The van der Waals surface area contributed by atoms with E-state index in [0.717, 1.165) is 55.9 Å². The van der Waals surface area contributed by atoms with E-state index in [-0.39, 0.29) is 5.56 Å². The largest absolute Gasteiger partial charge is 0.478 e. The summed E-state index contributed by atoms with van der Waals surface area (Å²) in [5, 5.41) is 23.0. The first kappa shape index (κ1) is 20.3. The number of nitriles is 1. The first-order chi connectivity index (χ1) is 15.6. The number of rotatable bonds is 5. The molecule has 1 saturated carbocycles. The van der Waals surface area contributed by atoms with Crippen LogP contribution >= 0.6 is 0 Å². The van der Waals surface area contributed by atoms with Crippen molar-refractivity contribution in [3.05, 3.63) is 47.8 Å². The Kier molecular flexibility index (Phi) is 5.15. The Morgan fingerprint density at radius 3 is 2.53 bits per heavy atom. The zero-order chi connectivity index (χ0) is 22.2. The highest BCUT2D eigenvalue weighted by Crippen LogP contribution is 2.36. The van der Waals surface area contributed by atoms with Crippen molar-refractivity contribution in [2.45, 2.75) is 24.9 Å². The third-order valence-corrected chi connectivity index (χ3v) is 6.62. The Balaban J connectivity index is 1.35. The van der Waals surface area contributed by atoms with Crippen LogP contribution in [0, 0.1) is 11.3 Å². The lowest BCUT2D eigenvalue weighted by Gasteiger charge is -2.37. The highest BCUT2D eigenvalue weighted by molar-refractivity contribution is 5.88. The lowest BCUT2D eigenvalue weighted by Crippen LogP contribution is -2.47. The van der Waals surface area contributed by atoms with Crippen molar-refractivity contribution in [2.24, 2.45) is 0 Å². The van der Waals surface area contributed by atoms with Gasteiger partial charge < -0.3 is 24.8 Å². The number of fused-ring (bicyclic) bond motifs is 1. The molecule has 1 saturated heterocycles. The summed E-state index contributed by atoms with van der Waals surface area (Å²) in [7, 11) is 1.98. The summed E-state index contributed by atoms with van der Waals surface area (Å²) in [4.78, 5) is 24.9. The van der Waals surface area contributed by atoms with Crippen LogP contribution in [0.25, 0.3) is 11.0 Å². The Bertz CT molecular complexity index is 1200. The minimum Gasteiger partial charge on any atom is -0.478 e. The van der Waals surface area contributed by atoms with E-state index in [2.05, 4.69) is 30.7 Å². The summed E-state index contributed by atoms with van der Waals surface area (Å²) in [6.07, 6.45) is 5.56. The second kappa shape index (κ2) is 8.13. The number of nitrogens with one attached hydrogen (secondary N) is 1. The van der Waals surface area contributed by atoms with Gasteiger partial charge in [-0.15, -0.1) is 0 Å². The van der Waals surface area contributed by atoms with E-state index in [1.165, 1.54) is 6.07 Å². The molecule has 5 rings (SSSR count). The molecule has 0 unspecified atom stereocenters. The molecule has 9 nitrogen and oxygen atoms in total. The van der Waals surface area contributed by atoms with Gasteiger partial charge in [0.1, 0.15) is 23.4 Å².